The molecule has 5 nitrogen and oxygen atoms in total. The molecular weight excluding hydrogens is 306 g/mol. The summed E-state index contributed by atoms with van der Waals surface area (Å²) in [4.78, 5) is 2.37. The number of nitrogens with zero attached hydrogens (tertiary/aromatic N) is 2. The number of piperazine rings is 1. The van der Waals surface area contributed by atoms with E-state index in [-0.39, 0.29) is 6.04 Å². The predicted molar refractivity (Wildman–Crippen MR) is 87.6 cm³/mol. The first-order valence-electron chi connectivity index (χ1n) is 7.02. The lowest BCUT2D eigenvalue weighted by atomic mass is 10.3. The molecule has 1 fully saturated rings. The van der Waals surface area contributed by atoms with E-state index in [2.05, 4.69) is 5.32 Å². The van der Waals surface area contributed by atoms with E-state index >= 15 is 0 Å². The minimum atomic E-state index is -3.39. The van der Waals surface area contributed by atoms with E-state index in [1.165, 1.54) is 4.31 Å². The molecule has 0 saturated carbocycles. The molecule has 1 aliphatic heterocycles. The number of hydrogen-bond donors (Lipinski definition) is 1. The summed E-state index contributed by atoms with van der Waals surface area (Å²) in [6, 6.07) is 8.84. The third-order valence-electron chi connectivity index (χ3n) is 3.32. The lowest BCUT2D eigenvalue weighted by molar-refractivity contribution is 0.263. The molecule has 1 aromatic rings. The van der Waals surface area contributed by atoms with Crippen LogP contribution in [0.3, 0.4) is 0 Å². The van der Waals surface area contributed by atoms with Crippen LogP contribution in [0.15, 0.2) is 35.2 Å². The summed E-state index contributed by atoms with van der Waals surface area (Å²) < 4.78 is 26.5. The second-order valence-corrected chi connectivity index (χ2v) is 7.63. The largest absolute Gasteiger partial charge is 0.360 e. The van der Waals surface area contributed by atoms with Crippen LogP contribution >= 0.6 is 12.2 Å². The van der Waals surface area contributed by atoms with Gasteiger partial charge in [-0.2, -0.15) is 4.31 Å². The third kappa shape index (κ3) is 3.93. The zero-order valence-electron chi connectivity index (χ0n) is 12.3. The average molecular weight is 327 g/mol. The predicted octanol–water partition coefficient (Wildman–Crippen LogP) is 1.28. The van der Waals surface area contributed by atoms with Crippen LogP contribution in [-0.4, -0.2) is 55.0 Å². The van der Waals surface area contributed by atoms with Gasteiger partial charge < -0.3 is 10.2 Å². The van der Waals surface area contributed by atoms with Crippen LogP contribution in [0.1, 0.15) is 13.8 Å². The molecule has 0 atom stereocenters. The normalized spacial score (nSPS) is 17.0. The highest BCUT2D eigenvalue weighted by atomic mass is 32.2. The van der Waals surface area contributed by atoms with Crippen LogP contribution in [0.5, 0.6) is 0 Å². The number of benzene rings is 1. The summed E-state index contributed by atoms with van der Waals surface area (Å²) in [7, 11) is -3.39. The van der Waals surface area contributed by atoms with Gasteiger partial charge in [-0.25, -0.2) is 8.42 Å². The van der Waals surface area contributed by atoms with Gasteiger partial charge in [-0.1, -0.05) is 18.2 Å². The molecule has 0 unspecified atom stereocenters. The Bertz CT molecular complexity index is 579. The number of sulfonamides is 1. The summed E-state index contributed by atoms with van der Waals surface area (Å²) in [6.45, 7) is 6.20. The van der Waals surface area contributed by atoms with Gasteiger partial charge in [-0.3, -0.25) is 0 Å². The van der Waals surface area contributed by atoms with Gasteiger partial charge in [0.2, 0.25) is 10.0 Å². The maximum Gasteiger partial charge on any atom is 0.243 e. The summed E-state index contributed by atoms with van der Waals surface area (Å²) in [6.07, 6.45) is 0. The van der Waals surface area contributed by atoms with E-state index < -0.39 is 10.0 Å². The van der Waals surface area contributed by atoms with E-state index in [0.717, 1.165) is 0 Å². The van der Waals surface area contributed by atoms with Crippen LogP contribution in [0.4, 0.5) is 0 Å². The second kappa shape index (κ2) is 6.72. The molecule has 21 heavy (non-hydrogen) atoms. The maximum atomic E-state index is 12.5. The van der Waals surface area contributed by atoms with Crippen molar-refractivity contribution in [3.63, 3.8) is 0 Å². The maximum absolute atomic E-state index is 12.5. The Morgan fingerprint density at radius 1 is 1.14 bits per heavy atom. The number of nitrogens with one attached hydrogen (secondary N) is 1. The summed E-state index contributed by atoms with van der Waals surface area (Å²) >= 11 is 5.32. The van der Waals surface area contributed by atoms with Crippen molar-refractivity contribution < 1.29 is 8.42 Å². The Morgan fingerprint density at radius 3 is 2.24 bits per heavy atom. The summed E-state index contributed by atoms with van der Waals surface area (Å²) in [5, 5.41) is 3.88. The highest BCUT2D eigenvalue weighted by molar-refractivity contribution is 7.89. The fourth-order valence-corrected chi connectivity index (χ4v) is 4.07. The van der Waals surface area contributed by atoms with Gasteiger partial charge in [0.25, 0.3) is 0 Å². The lowest BCUT2D eigenvalue weighted by Crippen LogP contribution is -2.53. The SMILES string of the molecule is CC(C)NC(=S)N1CCN(S(=O)(=O)c2ccccc2)CC1. The Hall–Kier alpha value is -1.18. The number of hydrogen-bond acceptors (Lipinski definition) is 3. The van der Waals surface area contributed by atoms with Crippen LogP contribution in [0.25, 0.3) is 0 Å². The Balaban J connectivity index is 2.00. The van der Waals surface area contributed by atoms with Crippen LogP contribution in [-0.2, 0) is 10.0 Å². The first-order chi connectivity index (χ1) is 9.91. The van der Waals surface area contributed by atoms with Gasteiger partial charge in [0.1, 0.15) is 0 Å². The molecule has 0 aromatic heterocycles. The first kappa shape index (κ1) is 16.2. The fraction of sp³-hybridized carbons (Fsp3) is 0.500. The Kier molecular flexibility index (Phi) is 5.18. The topological polar surface area (TPSA) is 52.6 Å². The highest BCUT2D eigenvalue weighted by Gasteiger charge is 2.29. The molecule has 1 aromatic carbocycles. The van der Waals surface area contributed by atoms with E-state index in [0.29, 0.717) is 36.2 Å². The van der Waals surface area contributed by atoms with Gasteiger partial charge in [-0.05, 0) is 38.2 Å². The van der Waals surface area contributed by atoms with Crippen molar-refractivity contribution in [2.24, 2.45) is 0 Å². The zero-order valence-corrected chi connectivity index (χ0v) is 14.0. The molecule has 2 rings (SSSR count). The van der Waals surface area contributed by atoms with E-state index in [1.54, 1.807) is 24.3 Å². The number of rotatable bonds is 3. The van der Waals surface area contributed by atoms with Gasteiger partial charge in [-0.15, -0.1) is 0 Å². The molecule has 0 amide bonds. The van der Waals surface area contributed by atoms with Crippen molar-refractivity contribution >= 4 is 27.4 Å². The van der Waals surface area contributed by atoms with Gasteiger partial charge in [0.15, 0.2) is 5.11 Å². The van der Waals surface area contributed by atoms with Crippen molar-refractivity contribution in [2.75, 3.05) is 26.2 Å². The molecule has 1 aliphatic rings. The van der Waals surface area contributed by atoms with Crippen molar-refractivity contribution in [3.8, 4) is 0 Å². The quantitative estimate of drug-likeness (QED) is 0.848. The van der Waals surface area contributed by atoms with E-state index in [9.17, 15) is 8.42 Å². The number of thiocarbonyl (C=S) groups is 1. The fourth-order valence-electron chi connectivity index (χ4n) is 2.21. The second-order valence-electron chi connectivity index (χ2n) is 5.31. The molecule has 0 aliphatic carbocycles. The molecule has 0 bridgehead atoms. The molecule has 116 valence electrons. The molecule has 1 heterocycles. The zero-order chi connectivity index (χ0) is 15.5. The van der Waals surface area contributed by atoms with E-state index in [4.69, 9.17) is 12.2 Å². The van der Waals surface area contributed by atoms with Crippen LogP contribution < -0.4 is 5.32 Å². The van der Waals surface area contributed by atoms with Crippen LogP contribution in [0, 0.1) is 0 Å². The molecule has 0 spiro atoms. The molecular formula is C14H21N3O2S2. The van der Waals surface area contributed by atoms with Crippen molar-refractivity contribution in [1.82, 2.24) is 14.5 Å². The lowest BCUT2D eigenvalue weighted by Gasteiger charge is -2.36. The molecule has 1 N–H and O–H groups in total. The monoisotopic (exact) mass is 327 g/mol. The molecule has 7 heteroatoms. The highest BCUT2D eigenvalue weighted by Crippen LogP contribution is 2.17. The van der Waals surface area contributed by atoms with Crippen molar-refractivity contribution in [3.05, 3.63) is 30.3 Å². The molecule has 0 radical (unpaired) electrons. The average Bonchev–Trinajstić information content (AvgIpc) is 2.47. The van der Waals surface area contributed by atoms with E-state index in [1.807, 2.05) is 24.8 Å². The van der Waals surface area contributed by atoms with Gasteiger partial charge in [0.05, 0.1) is 4.90 Å². The Labute approximate surface area is 132 Å². The van der Waals surface area contributed by atoms with Crippen molar-refractivity contribution in [2.45, 2.75) is 24.8 Å². The minimum absolute atomic E-state index is 0.281. The van der Waals surface area contributed by atoms with Crippen LogP contribution in [0.2, 0.25) is 0 Å². The smallest absolute Gasteiger partial charge is 0.243 e. The minimum Gasteiger partial charge on any atom is -0.360 e. The third-order valence-corrected chi connectivity index (χ3v) is 5.61. The first-order valence-corrected chi connectivity index (χ1v) is 8.87. The summed E-state index contributed by atoms with van der Waals surface area (Å²) in [5.41, 5.74) is 0. The van der Waals surface area contributed by atoms with Gasteiger partial charge in [0, 0.05) is 32.2 Å². The van der Waals surface area contributed by atoms with Crippen molar-refractivity contribution in [1.29, 1.82) is 0 Å². The van der Waals surface area contributed by atoms with Gasteiger partial charge >= 0.3 is 0 Å². The Morgan fingerprint density at radius 2 is 1.71 bits per heavy atom. The molecule has 1 saturated heterocycles. The standard InChI is InChI=1S/C14H21N3O2S2/c1-12(2)15-14(20)16-8-10-17(11-9-16)21(18,19)13-6-4-3-5-7-13/h3-7,12H,8-11H2,1-2H3,(H,15,20). The summed E-state index contributed by atoms with van der Waals surface area (Å²) in [5.74, 6) is 0.